The van der Waals surface area contributed by atoms with Crippen LogP contribution < -0.4 is 5.32 Å². The first-order valence-corrected chi connectivity index (χ1v) is 14.3. The molecule has 0 aliphatic heterocycles. The number of hydrogen-bond acceptors (Lipinski definition) is 3. The number of amides is 2. The van der Waals surface area contributed by atoms with Crippen LogP contribution in [0.5, 0.6) is 0 Å². The number of halogens is 3. The second-order valence-electron chi connectivity index (χ2n) is 8.85. The van der Waals surface area contributed by atoms with E-state index in [1.165, 1.54) is 0 Å². The number of nitrogens with zero attached hydrogens (tertiary/aromatic N) is 1. The Labute approximate surface area is 238 Å². The number of thioether (sulfide) groups is 1. The largest absolute Gasteiger partial charge is 0.352 e. The number of carbonyl (C=O) groups excluding carboxylic acids is 2. The standard InChI is InChI=1S/C29H31Cl3N2O2S/c1-3-20(2)33-29(36)27(18-21-7-5-4-6-8-21)34(19-22-9-14-25(31)26(32)17-22)28(35)15-16-37-24-12-10-23(30)11-13-24/h4-14,17,20,27H,3,15-16,18-19H2,1-2H3,(H,33,36)/t20-,27-/m0/s1. The van der Waals surface area contributed by atoms with Crippen LogP contribution in [0.1, 0.15) is 37.8 Å². The summed E-state index contributed by atoms with van der Waals surface area (Å²) in [7, 11) is 0. The smallest absolute Gasteiger partial charge is 0.243 e. The lowest BCUT2D eigenvalue weighted by molar-refractivity contribution is -0.141. The molecule has 0 aliphatic carbocycles. The molecule has 0 saturated carbocycles. The topological polar surface area (TPSA) is 49.4 Å². The van der Waals surface area contributed by atoms with Crippen molar-refractivity contribution in [3.05, 3.63) is 99.0 Å². The Morgan fingerprint density at radius 3 is 2.27 bits per heavy atom. The van der Waals surface area contributed by atoms with E-state index in [4.69, 9.17) is 34.8 Å². The average molecular weight is 578 g/mol. The van der Waals surface area contributed by atoms with E-state index in [9.17, 15) is 9.59 Å². The van der Waals surface area contributed by atoms with Crippen LogP contribution in [-0.4, -0.2) is 34.6 Å². The van der Waals surface area contributed by atoms with Gasteiger partial charge in [-0.25, -0.2) is 0 Å². The highest BCUT2D eigenvalue weighted by molar-refractivity contribution is 7.99. The minimum absolute atomic E-state index is 0.00633. The van der Waals surface area contributed by atoms with E-state index in [0.29, 0.717) is 27.2 Å². The molecule has 3 aromatic carbocycles. The summed E-state index contributed by atoms with van der Waals surface area (Å²) in [4.78, 5) is 29.9. The zero-order valence-corrected chi connectivity index (χ0v) is 24.0. The van der Waals surface area contributed by atoms with E-state index >= 15 is 0 Å². The molecule has 3 aromatic rings. The number of hydrogen-bond donors (Lipinski definition) is 1. The van der Waals surface area contributed by atoms with E-state index in [2.05, 4.69) is 5.32 Å². The fourth-order valence-corrected chi connectivity index (χ4v) is 5.05. The maximum Gasteiger partial charge on any atom is 0.243 e. The Kier molecular flexibility index (Phi) is 11.7. The monoisotopic (exact) mass is 576 g/mol. The summed E-state index contributed by atoms with van der Waals surface area (Å²) in [6, 6.07) is 21.9. The molecule has 196 valence electrons. The Hall–Kier alpha value is -2.18. The van der Waals surface area contributed by atoms with Gasteiger partial charge in [0.05, 0.1) is 10.0 Å². The molecule has 0 saturated heterocycles. The molecular weight excluding hydrogens is 547 g/mol. The van der Waals surface area contributed by atoms with Gasteiger partial charge in [0.1, 0.15) is 6.04 Å². The van der Waals surface area contributed by atoms with Crippen LogP contribution in [0, 0.1) is 0 Å². The summed E-state index contributed by atoms with van der Waals surface area (Å²) in [5.74, 6) is 0.299. The fourth-order valence-electron chi connectivity index (χ4n) is 3.76. The lowest BCUT2D eigenvalue weighted by atomic mass is 10.0. The molecule has 2 atom stereocenters. The Morgan fingerprint density at radius 2 is 1.62 bits per heavy atom. The first-order valence-electron chi connectivity index (χ1n) is 12.2. The summed E-state index contributed by atoms with van der Waals surface area (Å²) >= 11 is 20.0. The summed E-state index contributed by atoms with van der Waals surface area (Å²) in [5.41, 5.74) is 1.79. The molecular formula is C29H31Cl3N2O2S. The van der Waals surface area contributed by atoms with Crippen molar-refractivity contribution in [3.8, 4) is 0 Å². The van der Waals surface area contributed by atoms with Crippen molar-refractivity contribution in [2.45, 2.75) is 56.6 Å². The number of rotatable bonds is 12. The van der Waals surface area contributed by atoms with Crippen LogP contribution in [-0.2, 0) is 22.6 Å². The van der Waals surface area contributed by atoms with Crippen molar-refractivity contribution < 1.29 is 9.59 Å². The quantitative estimate of drug-likeness (QED) is 0.225. The van der Waals surface area contributed by atoms with Crippen molar-refractivity contribution in [2.24, 2.45) is 0 Å². The van der Waals surface area contributed by atoms with Crippen molar-refractivity contribution in [3.63, 3.8) is 0 Å². The maximum atomic E-state index is 13.7. The van der Waals surface area contributed by atoms with Gasteiger partial charge in [0, 0.05) is 41.1 Å². The minimum atomic E-state index is -0.682. The fraction of sp³-hybridized carbons (Fsp3) is 0.310. The Balaban J connectivity index is 1.87. The molecule has 0 unspecified atom stereocenters. The highest BCUT2D eigenvalue weighted by atomic mass is 35.5. The van der Waals surface area contributed by atoms with Crippen molar-refractivity contribution in [1.29, 1.82) is 0 Å². The van der Waals surface area contributed by atoms with Gasteiger partial charge >= 0.3 is 0 Å². The molecule has 0 radical (unpaired) electrons. The lowest BCUT2D eigenvalue weighted by Crippen LogP contribution is -2.52. The number of carbonyl (C=O) groups is 2. The van der Waals surface area contributed by atoms with Crippen molar-refractivity contribution >= 4 is 58.4 Å². The summed E-state index contributed by atoms with van der Waals surface area (Å²) in [6.45, 7) is 4.22. The van der Waals surface area contributed by atoms with Gasteiger partial charge in [-0.05, 0) is 60.9 Å². The predicted octanol–water partition coefficient (Wildman–Crippen LogP) is 7.68. The first kappa shape index (κ1) is 29.4. The number of benzene rings is 3. The summed E-state index contributed by atoms with van der Waals surface area (Å²) in [6.07, 6.45) is 1.47. The van der Waals surface area contributed by atoms with Gasteiger partial charge < -0.3 is 10.2 Å². The van der Waals surface area contributed by atoms with Gasteiger partial charge in [0.25, 0.3) is 0 Å². The van der Waals surface area contributed by atoms with Crippen molar-refractivity contribution in [1.82, 2.24) is 10.2 Å². The predicted molar refractivity (Wildman–Crippen MR) is 156 cm³/mol. The van der Waals surface area contributed by atoms with Crippen molar-refractivity contribution in [2.75, 3.05) is 5.75 Å². The van der Waals surface area contributed by atoms with Gasteiger partial charge in [-0.1, -0.05) is 78.1 Å². The molecule has 0 aliphatic rings. The summed E-state index contributed by atoms with van der Waals surface area (Å²) < 4.78 is 0. The van der Waals surface area contributed by atoms with Gasteiger partial charge in [-0.15, -0.1) is 11.8 Å². The third-order valence-electron chi connectivity index (χ3n) is 6.01. The normalized spacial score (nSPS) is 12.6. The van der Waals surface area contributed by atoms with Crippen LogP contribution in [0.2, 0.25) is 15.1 Å². The molecule has 2 amide bonds. The molecule has 4 nitrogen and oxygen atoms in total. The van der Waals surface area contributed by atoms with Gasteiger partial charge in [0.15, 0.2) is 0 Å². The summed E-state index contributed by atoms with van der Waals surface area (Å²) in [5, 5.41) is 4.60. The molecule has 37 heavy (non-hydrogen) atoms. The second kappa shape index (κ2) is 14.7. The number of nitrogens with one attached hydrogen (secondary N) is 1. The van der Waals surface area contributed by atoms with Crippen LogP contribution in [0.25, 0.3) is 0 Å². The lowest BCUT2D eigenvalue weighted by Gasteiger charge is -2.32. The van der Waals surface area contributed by atoms with Gasteiger partial charge in [-0.3, -0.25) is 9.59 Å². The average Bonchev–Trinajstić information content (AvgIpc) is 2.89. The molecule has 0 heterocycles. The van der Waals surface area contributed by atoms with Gasteiger partial charge in [0.2, 0.25) is 11.8 Å². The van der Waals surface area contributed by atoms with Gasteiger partial charge in [-0.2, -0.15) is 0 Å². The van der Waals surface area contributed by atoms with E-state index in [-0.39, 0.29) is 30.8 Å². The molecule has 3 rings (SSSR count). The molecule has 1 N–H and O–H groups in total. The van der Waals surface area contributed by atoms with Crippen LogP contribution >= 0.6 is 46.6 Å². The van der Waals surface area contributed by atoms with E-state index in [1.807, 2.05) is 74.5 Å². The van der Waals surface area contributed by atoms with E-state index in [1.54, 1.807) is 28.8 Å². The third-order valence-corrected chi connectivity index (χ3v) is 8.01. The van der Waals surface area contributed by atoms with E-state index in [0.717, 1.165) is 22.4 Å². The maximum absolute atomic E-state index is 13.7. The van der Waals surface area contributed by atoms with Crippen LogP contribution in [0.4, 0.5) is 0 Å². The van der Waals surface area contributed by atoms with E-state index < -0.39 is 6.04 Å². The molecule has 0 aromatic heterocycles. The third kappa shape index (κ3) is 9.26. The van der Waals surface area contributed by atoms with Crippen LogP contribution in [0.3, 0.4) is 0 Å². The second-order valence-corrected chi connectivity index (χ2v) is 11.3. The molecule has 8 heteroatoms. The van der Waals surface area contributed by atoms with Crippen LogP contribution in [0.15, 0.2) is 77.7 Å². The highest BCUT2D eigenvalue weighted by Gasteiger charge is 2.30. The highest BCUT2D eigenvalue weighted by Crippen LogP contribution is 2.26. The zero-order chi connectivity index (χ0) is 26.8. The molecule has 0 fully saturated rings. The Bertz CT molecular complexity index is 1180. The molecule has 0 bridgehead atoms. The Morgan fingerprint density at radius 1 is 0.919 bits per heavy atom. The first-order chi connectivity index (χ1) is 17.8. The SMILES string of the molecule is CC[C@H](C)NC(=O)[C@H](Cc1ccccc1)N(Cc1ccc(Cl)c(Cl)c1)C(=O)CCSc1ccc(Cl)cc1. The zero-order valence-electron chi connectivity index (χ0n) is 20.9. The molecule has 0 spiro atoms. The minimum Gasteiger partial charge on any atom is -0.352 e.